The molecule has 1 aromatic rings. The highest BCUT2D eigenvalue weighted by molar-refractivity contribution is 5.91. The van der Waals surface area contributed by atoms with Crippen molar-refractivity contribution in [3.05, 3.63) is 33.9 Å². The van der Waals surface area contributed by atoms with E-state index in [0.717, 1.165) is 18.5 Å². The lowest BCUT2D eigenvalue weighted by Crippen LogP contribution is -2.24. The van der Waals surface area contributed by atoms with Gasteiger partial charge in [0.25, 0.3) is 5.69 Å². The summed E-state index contributed by atoms with van der Waals surface area (Å²) in [4.78, 5) is 22.0. The molecular weight excluding hydrogens is 258 g/mol. The number of rotatable bonds is 7. The summed E-state index contributed by atoms with van der Waals surface area (Å²) in [5.74, 6) is -0.126. The van der Waals surface area contributed by atoms with Crippen LogP contribution in [0.2, 0.25) is 0 Å². The van der Waals surface area contributed by atoms with Gasteiger partial charge in [0.15, 0.2) is 0 Å². The number of hydrogen-bond acceptors (Lipinski definition) is 4. The molecule has 0 saturated carbocycles. The van der Waals surface area contributed by atoms with Crippen LogP contribution in [0.4, 0.5) is 11.4 Å². The molecule has 6 heteroatoms. The molecule has 0 radical (unpaired) electrons. The van der Waals surface area contributed by atoms with Gasteiger partial charge in [0.2, 0.25) is 5.91 Å². The Kier molecular flexibility index (Phi) is 6.11. The second-order valence-electron chi connectivity index (χ2n) is 5.02. The molecule has 0 bridgehead atoms. The Labute approximate surface area is 118 Å². The van der Waals surface area contributed by atoms with Crippen LogP contribution in [0.5, 0.6) is 0 Å². The highest BCUT2D eigenvalue weighted by Gasteiger charge is 2.10. The smallest absolute Gasteiger partial charge is 0.271 e. The first-order valence-electron chi connectivity index (χ1n) is 6.68. The molecule has 1 rings (SSSR count). The molecule has 2 N–H and O–H groups in total. The Bertz CT molecular complexity index is 487. The van der Waals surface area contributed by atoms with Gasteiger partial charge >= 0.3 is 0 Å². The predicted molar refractivity (Wildman–Crippen MR) is 78.8 cm³/mol. The molecule has 1 amide bonds. The Morgan fingerprint density at radius 3 is 2.70 bits per heavy atom. The zero-order valence-electron chi connectivity index (χ0n) is 12.1. The number of aryl methyl sites for hydroxylation is 1. The zero-order valence-corrected chi connectivity index (χ0v) is 12.1. The maximum atomic E-state index is 11.8. The Hall–Kier alpha value is -1.95. The number of carbonyl (C=O) groups excluding carboxylic acids is 1. The van der Waals surface area contributed by atoms with Crippen molar-refractivity contribution >= 4 is 17.3 Å². The van der Waals surface area contributed by atoms with Crippen molar-refractivity contribution in [3.8, 4) is 0 Å². The van der Waals surface area contributed by atoms with Gasteiger partial charge in [0, 0.05) is 24.6 Å². The van der Waals surface area contributed by atoms with Gasteiger partial charge in [-0.1, -0.05) is 19.9 Å². The summed E-state index contributed by atoms with van der Waals surface area (Å²) in [6, 6.07) is 4.85. The summed E-state index contributed by atoms with van der Waals surface area (Å²) >= 11 is 0. The van der Waals surface area contributed by atoms with E-state index in [2.05, 4.69) is 10.6 Å². The maximum absolute atomic E-state index is 11.8. The monoisotopic (exact) mass is 279 g/mol. The van der Waals surface area contributed by atoms with E-state index < -0.39 is 4.92 Å². The molecule has 0 aliphatic heterocycles. The first-order chi connectivity index (χ1) is 9.40. The van der Waals surface area contributed by atoms with Crippen LogP contribution >= 0.6 is 0 Å². The molecule has 1 aromatic carbocycles. The van der Waals surface area contributed by atoms with Gasteiger partial charge in [-0.2, -0.15) is 0 Å². The summed E-state index contributed by atoms with van der Waals surface area (Å²) in [5, 5.41) is 16.7. The van der Waals surface area contributed by atoms with Crippen LogP contribution in [0.15, 0.2) is 18.2 Å². The van der Waals surface area contributed by atoms with E-state index in [1.54, 1.807) is 13.0 Å². The highest BCUT2D eigenvalue weighted by atomic mass is 16.6. The molecule has 0 aliphatic rings. The van der Waals surface area contributed by atoms with E-state index in [1.165, 1.54) is 12.1 Å². The molecule has 0 aromatic heterocycles. The van der Waals surface area contributed by atoms with Crippen molar-refractivity contribution in [2.75, 3.05) is 11.9 Å². The van der Waals surface area contributed by atoms with Crippen molar-refractivity contribution in [2.45, 2.75) is 39.7 Å². The third-order valence-electron chi connectivity index (χ3n) is 2.84. The number of benzene rings is 1. The number of nitro benzene ring substituents is 1. The number of nitro groups is 1. The third kappa shape index (κ3) is 5.36. The van der Waals surface area contributed by atoms with E-state index in [9.17, 15) is 14.9 Å². The Morgan fingerprint density at radius 1 is 1.40 bits per heavy atom. The van der Waals surface area contributed by atoms with Crippen molar-refractivity contribution in [1.82, 2.24) is 5.32 Å². The van der Waals surface area contributed by atoms with Crippen LogP contribution < -0.4 is 10.6 Å². The number of hydrogen-bond donors (Lipinski definition) is 2. The Balaban J connectivity index is 2.53. The zero-order chi connectivity index (χ0) is 15.1. The van der Waals surface area contributed by atoms with Gasteiger partial charge in [-0.3, -0.25) is 14.9 Å². The van der Waals surface area contributed by atoms with Gasteiger partial charge in [0.05, 0.1) is 10.6 Å². The minimum Gasteiger partial charge on any atom is -0.326 e. The van der Waals surface area contributed by atoms with E-state index >= 15 is 0 Å². The molecule has 0 spiro atoms. The summed E-state index contributed by atoms with van der Waals surface area (Å²) in [6.45, 7) is 6.68. The van der Waals surface area contributed by atoms with Crippen molar-refractivity contribution in [3.63, 3.8) is 0 Å². The molecule has 0 saturated heterocycles. The van der Waals surface area contributed by atoms with Crippen LogP contribution in [0.1, 0.15) is 32.3 Å². The third-order valence-corrected chi connectivity index (χ3v) is 2.84. The average Bonchev–Trinajstić information content (AvgIpc) is 2.37. The quantitative estimate of drug-likeness (QED) is 0.456. The lowest BCUT2D eigenvalue weighted by molar-refractivity contribution is -0.384. The van der Waals surface area contributed by atoms with Gasteiger partial charge in [-0.05, 0) is 25.5 Å². The first kappa shape index (κ1) is 16.1. The summed E-state index contributed by atoms with van der Waals surface area (Å²) in [5.41, 5.74) is 1.29. The minimum atomic E-state index is -0.471. The fourth-order valence-electron chi connectivity index (χ4n) is 1.71. The SMILES string of the molecule is Cc1ccc([N+](=O)[O-])cc1NC(=O)CCCNC(C)C. The lowest BCUT2D eigenvalue weighted by atomic mass is 10.1. The van der Waals surface area contributed by atoms with Crippen LogP contribution in [-0.2, 0) is 4.79 Å². The second kappa shape index (κ2) is 7.59. The predicted octanol–water partition coefficient (Wildman–Crippen LogP) is 2.62. The summed E-state index contributed by atoms with van der Waals surface area (Å²) in [6.07, 6.45) is 1.12. The van der Waals surface area contributed by atoms with Crippen molar-refractivity contribution in [2.24, 2.45) is 0 Å². The molecular formula is C14H21N3O3. The van der Waals surface area contributed by atoms with E-state index in [4.69, 9.17) is 0 Å². The van der Waals surface area contributed by atoms with Crippen LogP contribution in [0.25, 0.3) is 0 Å². The van der Waals surface area contributed by atoms with E-state index in [1.807, 2.05) is 13.8 Å². The van der Waals surface area contributed by atoms with Crippen LogP contribution in [0, 0.1) is 17.0 Å². The number of carbonyl (C=O) groups is 1. The molecule has 6 nitrogen and oxygen atoms in total. The molecule has 110 valence electrons. The molecule has 0 aliphatic carbocycles. The second-order valence-corrected chi connectivity index (χ2v) is 5.02. The molecule has 0 atom stereocenters. The topological polar surface area (TPSA) is 84.3 Å². The number of amides is 1. The summed E-state index contributed by atoms with van der Waals surface area (Å²) < 4.78 is 0. The summed E-state index contributed by atoms with van der Waals surface area (Å²) in [7, 11) is 0. The number of anilines is 1. The van der Waals surface area contributed by atoms with E-state index in [-0.39, 0.29) is 11.6 Å². The van der Waals surface area contributed by atoms with Crippen molar-refractivity contribution < 1.29 is 9.72 Å². The number of nitrogens with zero attached hydrogens (tertiary/aromatic N) is 1. The average molecular weight is 279 g/mol. The molecule has 20 heavy (non-hydrogen) atoms. The normalized spacial score (nSPS) is 10.6. The fourth-order valence-corrected chi connectivity index (χ4v) is 1.71. The fraction of sp³-hybridized carbons (Fsp3) is 0.500. The van der Waals surface area contributed by atoms with Gasteiger partial charge < -0.3 is 10.6 Å². The minimum absolute atomic E-state index is 0.0209. The van der Waals surface area contributed by atoms with Crippen LogP contribution in [-0.4, -0.2) is 23.4 Å². The standard InChI is InChI=1S/C14H21N3O3/c1-10(2)15-8-4-5-14(18)16-13-9-12(17(19)20)7-6-11(13)3/h6-7,9-10,15H,4-5,8H2,1-3H3,(H,16,18). The highest BCUT2D eigenvalue weighted by Crippen LogP contribution is 2.21. The number of non-ortho nitro benzene ring substituents is 1. The van der Waals surface area contributed by atoms with Crippen molar-refractivity contribution in [1.29, 1.82) is 0 Å². The largest absolute Gasteiger partial charge is 0.326 e. The van der Waals surface area contributed by atoms with E-state index in [0.29, 0.717) is 18.2 Å². The lowest BCUT2D eigenvalue weighted by Gasteiger charge is -2.09. The first-order valence-corrected chi connectivity index (χ1v) is 6.68. The maximum Gasteiger partial charge on any atom is 0.271 e. The van der Waals surface area contributed by atoms with Gasteiger partial charge in [-0.15, -0.1) is 0 Å². The van der Waals surface area contributed by atoms with Gasteiger partial charge in [-0.25, -0.2) is 0 Å². The molecule has 0 fully saturated rings. The Morgan fingerprint density at radius 2 is 2.10 bits per heavy atom. The van der Waals surface area contributed by atoms with Crippen LogP contribution in [0.3, 0.4) is 0 Å². The number of nitrogens with one attached hydrogen (secondary N) is 2. The molecule has 0 heterocycles. The molecule has 0 unspecified atom stereocenters. The van der Waals surface area contributed by atoms with Gasteiger partial charge in [0.1, 0.15) is 0 Å².